The molecule has 7 nitrogen and oxygen atoms in total. The Balaban J connectivity index is 1.25. The third-order valence-electron chi connectivity index (χ3n) is 5.60. The fraction of sp³-hybridized carbons (Fsp3) is 0.364. The number of nitrogens with one attached hydrogen (secondary N) is 1. The third kappa shape index (κ3) is 4.29. The Hall–Kier alpha value is -3.22. The summed E-state index contributed by atoms with van der Waals surface area (Å²) in [7, 11) is 0. The van der Waals surface area contributed by atoms with Crippen molar-refractivity contribution in [1.82, 2.24) is 10.2 Å². The van der Waals surface area contributed by atoms with Crippen molar-refractivity contribution in [1.29, 1.82) is 0 Å². The molecule has 2 aliphatic heterocycles. The lowest BCUT2D eigenvalue weighted by molar-refractivity contribution is -0.117. The lowest BCUT2D eigenvalue weighted by Gasteiger charge is -2.36. The van der Waals surface area contributed by atoms with Crippen molar-refractivity contribution in [3.8, 4) is 5.75 Å². The van der Waals surface area contributed by atoms with Gasteiger partial charge in [0, 0.05) is 57.3 Å². The molecule has 2 aliphatic rings. The molecule has 7 heteroatoms. The second-order valence-corrected chi connectivity index (χ2v) is 7.56. The molecule has 0 bridgehead atoms. The molecule has 3 amide bonds. The Morgan fingerprint density at radius 3 is 2.41 bits per heavy atom. The Morgan fingerprint density at radius 1 is 1.00 bits per heavy atom. The van der Waals surface area contributed by atoms with Crippen LogP contribution in [0.2, 0.25) is 0 Å². The van der Waals surface area contributed by atoms with E-state index in [1.165, 1.54) is 0 Å². The summed E-state index contributed by atoms with van der Waals surface area (Å²) in [5, 5.41) is 13.0. The number of hydrogen-bond acceptors (Lipinski definition) is 4. The molecule has 152 valence electrons. The number of amides is 3. The normalized spacial score (nSPS) is 19.5. The number of phenolic OH excluding ortho intramolecular Hbond substituents is 1. The number of urea groups is 1. The van der Waals surface area contributed by atoms with Crippen LogP contribution >= 0.6 is 0 Å². The molecule has 2 saturated heterocycles. The number of rotatable bonds is 4. The predicted molar refractivity (Wildman–Crippen MR) is 112 cm³/mol. The van der Waals surface area contributed by atoms with Gasteiger partial charge in [0.25, 0.3) is 0 Å². The maximum atomic E-state index is 12.5. The van der Waals surface area contributed by atoms with E-state index in [0.717, 1.165) is 11.4 Å². The smallest absolute Gasteiger partial charge is 0.317 e. The topological polar surface area (TPSA) is 76.1 Å². The van der Waals surface area contributed by atoms with Gasteiger partial charge in [-0.2, -0.15) is 0 Å². The van der Waals surface area contributed by atoms with Gasteiger partial charge in [-0.1, -0.05) is 30.3 Å². The van der Waals surface area contributed by atoms with Crippen LogP contribution in [-0.4, -0.2) is 61.2 Å². The number of piperazine rings is 1. The predicted octanol–water partition coefficient (Wildman–Crippen LogP) is 2.28. The molecule has 2 N–H and O–H groups in total. The van der Waals surface area contributed by atoms with Crippen molar-refractivity contribution >= 4 is 23.3 Å². The van der Waals surface area contributed by atoms with E-state index in [9.17, 15) is 14.7 Å². The zero-order chi connectivity index (χ0) is 20.2. The average Bonchev–Trinajstić information content (AvgIpc) is 3.14. The van der Waals surface area contributed by atoms with Crippen molar-refractivity contribution in [3.05, 3.63) is 54.6 Å². The summed E-state index contributed by atoms with van der Waals surface area (Å²) in [6.07, 6.45) is 0.455. The number of phenols is 1. The van der Waals surface area contributed by atoms with Crippen molar-refractivity contribution < 1.29 is 14.7 Å². The summed E-state index contributed by atoms with van der Waals surface area (Å²) in [5.41, 5.74) is 1.71. The first-order valence-corrected chi connectivity index (χ1v) is 10.0. The van der Waals surface area contributed by atoms with Crippen LogP contribution < -0.4 is 15.1 Å². The van der Waals surface area contributed by atoms with Gasteiger partial charge in [-0.3, -0.25) is 4.79 Å². The molecule has 2 heterocycles. The molecule has 1 unspecified atom stereocenters. The number of benzene rings is 2. The van der Waals surface area contributed by atoms with E-state index in [1.807, 2.05) is 42.5 Å². The molecule has 0 saturated carbocycles. The molecule has 2 aromatic rings. The van der Waals surface area contributed by atoms with Crippen LogP contribution in [0.4, 0.5) is 16.2 Å². The number of nitrogens with zero attached hydrogens (tertiary/aromatic N) is 3. The van der Waals surface area contributed by atoms with Crippen molar-refractivity contribution in [2.45, 2.75) is 6.42 Å². The van der Waals surface area contributed by atoms with E-state index in [2.05, 4.69) is 10.2 Å². The van der Waals surface area contributed by atoms with Gasteiger partial charge < -0.3 is 25.1 Å². The van der Waals surface area contributed by atoms with E-state index >= 15 is 0 Å². The number of para-hydroxylation sites is 3. The van der Waals surface area contributed by atoms with Gasteiger partial charge in [-0.05, 0) is 24.3 Å². The first-order chi connectivity index (χ1) is 14.1. The molecule has 0 aromatic heterocycles. The molecular weight excluding hydrogens is 368 g/mol. The molecule has 0 radical (unpaired) electrons. The highest BCUT2D eigenvalue weighted by Crippen LogP contribution is 2.27. The van der Waals surface area contributed by atoms with Crippen molar-refractivity contribution in [2.24, 2.45) is 5.92 Å². The number of anilines is 2. The molecule has 0 spiro atoms. The van der Waals surface area contributed by atoms with Gasteiger partial charge >= 0.3 is 6.03 Å². The minimum Gasteiger partial charge on any atom is -0.506 e. The summed E-state index contributed by atoms with van der Waals surface area (Å²) < 4.78 is 0. The molecule has 0 aliphatic carbocycles. The van der Waals surface area contributed by atoms with Crippen LogP contribution in [0.25, 0.3) is 0 Å². The summed E-state index contributed by atoms with van der Waals surface area (Å²) in [4.78, 5) is 30.5. The van der Waals surface area contributed by atoms with Crippen molar-refractivity contribution in [3.63, 3.8) is 0 Å². The second-order valence-electron chi connectivity index (χ2n) is 7.56. The van der Waals surface area contributed by atoms with E-state index in [-0.39, 0.29) is 23.6 Å². The average molecular weight is 394 g/mol. The van der Waals surface area contributed by atoms with Gasteiger partial charge in [-0.25, -0.2) is 4.79 Å². The highest BCUT2D eigenvalue weighted by atomic mass is 16.3. The Morgan fingerprint density at radius 2 is 1.69 bits per heavy atom. The van der Waals surface area contributed by atoms with Gasteiger partial charge in [0.15, 0.2) is 0 Å². The maximum Gasteiger partial charge on any atom is 0.317 e. The fourth-order valence-electron chi connectivity index (χ4n) is 4.00. The van der Waals surface area contributed by atoms with E-state index in [4.69, 9.17) is 0 Å². The third-order valence-corrected chi connectivity index (χ3v) is 5.60. The molecule has 4 rings (SSSR count). The van der Waals surface area contributed by atoms with Crippen LogP contribution in [0.15, 0.2) is 54.6 Å². The largest absolute Gasteiger partial charge is 0.506 e. The zero-order valence-corrected chi connectivity index (χ0v) is 16.3. The van der Waals surface area contributed by atoms with Crippen LogP contribution in [0.5, 0.6) is 5.75 Å². The van der Waals surface area contributed by atoms with Crippen LogP contribution in [0.3, 0.4) is 0 Å². The Kier molecular flexibility index (Phi) is 5.55. The first kappa shape index (κ1) is 19.1. The highest BCUT2D eigenvalue weighted by Gasteiger charge is 2.31. The minimum atomic E-state index is -0.0902. The number of carbonyl (C=O) groups excluding carboxylic acids is 2. The zero-order valence-electron chi connectivity index (χ0n) is 16.3. The number of hydrogen-bond donors (Lipinski definition) is 2. The second kappa shape index (κ2) is 8.43. The summed E-state index contributed by atoms with van der Waals surface area (Å²) in [6.45, 7) is 3.67. The van der Waals surface area contributed by atoms with E-state index in [1.54, 1.807) is 21.9 Å². The quantitative estimate of drug-likeness (QED) is 0.834. The number of aromatic hydroxyl groups is 1. The summed E-state index contributed by atoms with van der Waals surface area (Å²) >= 11 is 0. The molecule has 2 fully saturated rings. The summed E-state index contributed by atoms with van der Waals surface area (Å²) in [5.74, 6) is 0.486. The lowest BCUT2D eigenvalue weighted by Crippen LogP contribution is -2.52. The molecular formula is C22H26N4O3. The van der Waals surface area contributed by atoms with Crippen LogP contribution in [0, 0.1) is 5.92 Å². The van der Waals surface area contributed by atoms with E-state index in [0.29, 0.717) is 45.7 Å². The Labute approximate surface area is 170 Å². The Bertz CT molecular complexity index is 865. The standard InChI is InChI=1S/C22H26N4O3/c27-20-9-5-4-8-19(20)24-10-12-25(13-11-24)22(29)23-15-17-14-21(28)26(16-17)18-6-2-1-3-7-18/h1-9,17,27H,10-16H2,(H,23,29). The molecule has 29 heavy (non-hydrogen) atoms. The lowest BCUT2D eigenvalue weighted by atomic mass is 10.1. The monoisotopic (exact) mass is 394 g/mol. The van der Waals surface area contributed by atoms with Gasteiger partial charge in [0.2, 0.25) is 5.91 Å². The van der Waals surface area contributed by atoms with Crippen LogP contribution in [0.1, 0.15) is 6.42 Å². The summed E-state index contributed by atoms with van der Waals surface area (Å²) in [6, 6.07) is 16.8. The SMILES string of the molecule is O=C(NCC1CC(=O)N(c2ccccc2)C1)N1CCN(c2ccccc2O)CC1. The van der Waals surface area contributed by atoms with Gasteiger partial charge in [-0.15, -0.1) is 0 Å². The first-order valence-electron chi connectivity index (χ1n) is 10.0. The maximum absolute atomic E-state index is 12.5. The van der Waals surface area contributed by atoms with Gasteiger partial charge in [0.1, 0.15) is 5.75 Å². The highest BCUT2D eigenvalue weighted by molar-refractivity contribution is 5.95. The van der Waals surface area contributed by atoms with Crippen LogP contribution in [-0.2, 0) is 4.79 Å². The molecule has 2 aromatic carbocycles. The van der Waals surface area contributed by atoms with E-state index < -0.39 is 0 Å². The number of carbonyl (C=O) groups is 2. The van der Waals surface area contributed by atoms with Gasteiger partial charge in [0.05, 0.1) is 5.69 Å². The fourth-order valence-corrected chi connectivity index (χ4v) is 4.00. The molecule has 1 atom stereocenters. The van der Waals surface area contributed by atoms with Crippen molar-refractivity contribution in [2.75, 3.05) is 49.1 Å². The minimum absolute atomic E-state index is 0.0902.